The molecule has 0 unspecified atom stereocenters. The SMILES string of the molecule is CC1=CC[C]([Hf+2]([NH]C2CCCC2)[SiH](C)C)=C1.[Cl-].[Cl-]. The van der Waals surface area contributed by atoms with Crippen LogP contribution in [-0.2, 0) is 20.9 Å². The second-order valence-electron chi connectivity index (χ2n) is 5.52. The molecule has 1 saturated carbocycles. The first-order chi connectivity index (χ1) is 7.66. The third-order valence-electron chi connectivity index (χ3n) is 3.68. The van der Waals surface area contributed by atoms with Gasteiger partial charge in [-0.05, 0) is 0 Å². The van der Waals surface area contributed by atoms with Gasteiger partial charge in [0.05, 0.1) is 0 Å². The molecule has 0 aromatic rings. The number of allylic oxidation sites excluding steroid dienone is 4. The van der Waals surface area contributed by atoms with E-state index in [1.165, 1.54) is 37.7 Å². The Morgan fingerprint density at radius 3 is 2.28 bits per heavy atom. The van der Waals surface area contributed by atoms with E-state index < -0.39 is 26.9 Å². The molecule has 0 saturated heterocycles. The Hall–Kier alpha value is 1.11. The van der Waals surface area contributed by atoms with Crippen LogP contribution >= 0.6 is 0 Å². The van der Waals surface area contributed by atoms with Crippen molar-refractivity contribution in [1.29, 1.82) is 0 Å². The average molecular weight is 472 g/mol. The van der Waals surface area contributed by atoms with Gasteiger partial charge in [0, 0.05) is 0 Å². The topological polar surface area (TPSA) is 12.0 Å². The van der Waals surface area contributed by atoms with Crippen molar-refractivity contribution in [3.8, 4) is 0 Å². The molecule has 0 spiro atoms. The van der Waals surface area contributed by atoms with Crippen LogP contribution in [-0.4, -0.2) is 12.0 Å². The van der Waals surface area contributed by atoms with Crippen LogP contribution in [0.5, 0.6) is 0 Å². The van der Waals surface area contributed by atoms with E-state index in [0.29, 0.717) is 0 Å². The predicted octanol–water partition coefficient (Wildman–Crippen LogP) is -2.72. The molecule has 0 amide bonds. The van der Waals surface area contributed by atoms with Crippen molar-refractivity contribution < 1.29 is 45.7 Å². The average Bonchev–Trinajstić information content (AvgIpc) is 2.84. The molecule has 18 heavy (non-hydrogen) atoms. The number of hydrogen-bond donors (Lipinski definition) is 1. The van der Waals surface area contributed by atoms with Crippen molar-refractivity contribution in [2.24, 2.45) is 0 Å². The summed E-state index contributed by atoms with van der Waals surface area (Å²) in [4.78, 5) is 0. The fourth-order valence-corrected chi connectivity index (χ4v) is 24.8. The summed E-state index contributed by atoms with van der Waals surface area (Å²) < 4.78 is 6.02. The molecular weight excluding hydrogens is 448 g/mol. The van der Waals surface area contributed by atoms with E-state index >= 15 is 0 Å². The molecule has 1 nitrogen and oxygen atoms in total. The van der Waals surface area contributed by atoms with E-state index in [4.69, 9.17) is 0 Å². The minimum Gasteiger partial charge on any atom is -1.00 e. The second kappa shape index (κ2) is 9.12. The van der Waals surface area contributed by atoms with E-state index in [-0.39, 0.29) is 24.8 Å². The number of rotatable bonds is 4. The summed E-state index contributed by atoms with van der Waals surface area (Å²) in [6.07, 6.45) is 12.1. The summed E-state index contributed by atoms with van der Waals surface area (Å²) in [6, 6.07) is 0.902. The quantitative estimate of drug-likeness (QED) is 0.440. The van der Waals surface area contributed by atoms with Crippen LogP contribution in [0.15, 0.2) is 21.1 Å². The molecule has 103 valence electrons. The molecule has 2 rings (SSSR count). The molecule has 1 N–H and O–H groups in total. The van der Waals surface area contributed by atoms with Gasteiger partial charge in [-0.15, -0.1) is 0 Å². The summed E-state index contributed by atoms with van der Waals surface area (Å²) in [6.45, 7) is 7.39. The zero-order valence-corrected chi connectivity index (χ0v) is 17.9. The van der Waals surface area contributed by atoms with Crippen LogP contribution in [0.1, 0.15) is 39.0 Å². The maximum absolute atomic E-state index is 4.15. The number of hydrogen-bond acceptors (Lipinski definition) is 1. The van der Waals surface area contributed by atoms with Crippen LogP contribution in [0.25, 0.3) is 0 Å². The zero-order valence-electron chi connectivity index (χ0n) is 11.6. The molecule has 0 atom stereocenters. The molecule has 2 aliphatic rings. The first-order valence-corrected chi connectivity index (χ1v) is 19.4. The number of nitrogens with one attached hydrogen (secondary N) is 1. The Kier molecular flexibility index (Phi) is 9.68. The van der Waals surface area contributed by atoms with Crippen LogP contribution in [0.3, 0.4) is 0 Å². The van der Waals surface area contributed by atoms with Crippen LogP contribution in [0.4, 0.5) is 0 Å². The van der Waals surface area contributed by atoms with Gasteiger partial charge in [0.2, 0.25) is 0 Å². The summed E-state index contributed by atoms with van der Waals surface area (Å²) in [5, 5.41) is 0. The summed E-state index contributed by atoms with van der Waals surface area (Å²) in [5.74, 6) is -0.422. The molecule has 0 aromatic heterocycles. The van der Waals surface area contributed by atoms with Crippen molar-refractivity contribution >= 4 is 5.98 Å². The van der Waals surface area contributed by atoms with Crippen molar-refractivity contribution in [2.75, 3.05) is 0 Å². The van der Waals surface area contributed by atoms with Gasteiger partial charge >= 0.3 is 109 Å². The number of halogens is 2. The molecule has 0 aromatic carbocycles. The van der Waals surface area contributed by atoms with E-state index in [0.717, 1.165) is 6.04 Å². The normalized spacial score (nSPS) is 19.1. The van der Waals surface area contributed by atoms with Gasteiger partial charge < -0.3 is 24.8 Å². The van der Waals surface area contributed by atoms with Gasteiger partial charge in [-0.25, -0.2) is 0 Å². The molecule has 1 fully saturated rings. The Labute approximate surface area is 133 Å². The van der Waals surface area contributed by atoms with Crippen molar-refractivity contribution in [3.05, 3.63) is 21.1 Å². The standard InChI is InChI=1S/C6H7.C5H10N.C2H7Si.2ClH.Hf/c1-6-4-2-3-5-6;6-5-3-1-2-4-5;1-3-2;;;/h4-5H,2H2,1H3;5-6H,1-4H2;3H,1-2H3;2*1H;/q;-1;;;;+3/p-2. The minimum atomic E-state index is -1.55. The molecule has 0 bridgehead atoms. The van der Waals surface area contributed by atoms with Crippen molar-refractivity contribution in [1.82, 2.24) is 3.30 Å². The maximum atomic E-state index is 4.15. The van der Waals surface area contributed by atoms with Crippen LogP contribution < -0.4 is 28.1 Å². The molecule has 0 radical (unpaired) electrons. The second-order valence-corrected chi connectivity index (χ2v) is 31.3. The van der Waals surface area contributed by atoms with Gasteiger partial charge in [0.25, 0.3) is 0 Å². The Balaban J connectivity index is 0.00000144. The minimum absolute atomic E-state index is 0. The van der Waals surface area contributed by atoms with Gasteiger partial charge in [-0.1, -0.05) is 0 Å². The summed E-state index contributed by atoms with van der Waals surface area (Å²) in [7, 11) is 0. The summed E-state index contributed by atoms with van der Waals surface area (Å²) >= 11 is -1.55. The Morgan fingerprint density at radius 1 is 1.22 bits per heavy atom. The van der Waals surface area contributed by atoms with Gasteiger partial charge in [0.15, 0.2) is 0 Å². The van der Waals surface area contributed by atoms with E-state index in [1.807, 2.05) is 3.33 Å². The van der Waals surface area contributed by atoms with E-state index in [2.05, 4.69) is 35.5 Å². The van der Waals surface area contributed by atoms with Gasteiger partial charge in [0.1, 0.15) is 0 Å². The molecule has 2 aliphatic carbocycles. The van der Waals surface area contributed by atoms with Crippen molar-refractivity contribution in [2.45, 2.75) is 58.2 Å². The van der Waals surface area contributed by atoms with E-state index in [1.54, 1.807) is 0 Å². The Morgan fingerprint density at radius 2 is 1.83 bits per heavy atom. The Bertz CT molecular complexity index is 312. The van der Waals surface area contributed by atoms with Crippen molar-refractivity contribution in [3.63, 3.8) is 0 Å². The van der Waals surface area contributed by atoms with Gasteiger partial charge in [-0.2, -0.15) is 0 Å². The molecule has 0 heterocycles. The van der Waals surface area contributed by atoms with Crippen LogP contribution in [0, 0.1) is 0 Å². The summed E-state index contributed by atoms with van der Waals surface area (Å²) in [5.41, 5.74) is 1.51. The first-order valence-electron chi connectivity index (χ1n) is 6.68. The van der Waals surface area contributed by atoms with Crippen LogP contribution in [0.2, 0.25) is 13.1 Å². The smallest absolute Gasteiger partial charge is 1.00 e. The molecule has 0 aliphatic heterocycles. The fourth-order valence-electron chi connectivity index (χ4n) is 2.77. The first kappa shape index (κ1) is 19.1. The van der Waals surface area contributed by atoms with E-state index in [9.17, 15) is 0 Å². The zero-order chi connectivity index (χ0) is 11.5. The third-order valence-corrected chi connectivity index (χ3v) is 28.0. The largest absolute Gasteiger partial charge is 1.00 e. The fraction of sp³-hybridized carbons (Fsp3) is 0.692. The monoisotopic (exact) mass is 472 g/mol. The predicted molar refractivity (Wildman–Crippen MR) is 70.7 cm³/mol. The van der Waals surface area contributed by atoms with Gasteiger partial charge in [-0.3, -0.25) is 0 Å². The molecular formula is C13H24Cl2HfNSi. The molecule has 5 heteroatoms. The third kappa shape index (κ3) is 5.24. The maximum Gasteiger partial charge on any atom is -1.00 e.